The van der Waals surface area contributed by atoms with Gasteiger partial charge in [-0.3, -0.25) is 0 Å². The predicted molar refractivity (Wildman–Crippen MR) is 94.9 cm³/mol. The van der Waals surface area contributed by atoms with Crippen LogP contribution in [0.4, 0.5) is 0 Å². The van der Waals surface area contributed by atoms with Gasteiger partial charge in [-0.05, 0) is 49.2 Å². The Morgan fingerprint density at radius 2 is 1.88 bits per heavy atom. The standard InChI is InChI=1S/C18H16O4.C2H6/c1-11-3-4-12(2)16(7-11)22-15-6-5-13-8-14(18(19)20)10-21-17(13)9-15;1-2/h3-9H,10H2,1-2H3,(H,19,20);1-2H3. The van der Waals surface area contributed by atoms with Gasteiger partial charge >= 0.3 is 5.97 Å². The van der Waals surface area contributed by atoms with Crippen molar-refractivity contribution >= 4 is 12.0 Å². The van der Waals surface area contributed by atoms with Crippen LogP contribution in [0.2, 0.25) is 0 Å². The summed E-state index contributed by atoms with van der Waals surface area (Å²) in [4.78, 5) is 11.0. The van der Waals surface area contributed by atoms with Crippen LogP contribution in [0.25, 0.3) is 6.08 Å². The van der Waals surface area contributed by atoms with Crippen molar-refractivity contribution in [3.8, 4) is 17.2 Å². The highest BCUT2D eigenvalue weighted by atomic mass is 16.5. The molecule has 0 saturated carbocycles. The van der Waals surface area contributed by atoms with Crippen LogP contribution in [0.1, 0.15) is 30.5 Å². The van der Waals surface area contributed by atoms with E-state index >= 15 is 0 Å². The van der Waals surface area contributed by atoms with Gasteiger partial charge in [0, 0.05) is 11.6 Å². The van der Waals surface area contributed by atoms with E-state index in [0.717, 1.165) is 22.4 Å². The van der Waals surface area contributed by atoms with E-state index in [4.69, 9.17) is 14.6 Å². The van der Waals surface area contributed by atoms with Gasteiger partial charge in [0.15, 0.2) is 0 Å². The Hall–Kier alpha value is -2.75. The van der Waals surface area contributed by atoms with E-state index in [1.54, 1.807) is 18.2 Å². The molecule has 0 saturated heterocycles. The third kappa shape index (κ3) is 3.96. The quantitative estimate of drug-likeness (QED) is 0.864. The van der Waals surface area contributed by atoms with E-state index in [-0.39, 0.29) is 12.2 Å². The minimum Gasteiger partial charge on any atom is -0.488 e. The van der Waals surface area contributed by atoms with Gasteiger partial charge in [0.1, 0.15) is 23.9 Å². The summed E-state index contributed by atoms with van der Waals surface area (Å²) >= 11 is 0. The summed E-state index contributed by atoms with van der Waals surface area (Å²) in [6, 6.07) is 11.4. The summed E-state index contributed by atoms with van der Waals surface area (Å²) in [6.45, 7) is 8.07. The average molecular weight is 326 g/mol. The summed E-state index contributed by atoms with van der Waals surface area (Å²) < 4.78 is 11.4. The van der Waals surface area contributed by atoms with Crippen LogP contribution in [0.5, 0.6) is 17.2 Å². The molecule has 0 aliphatic carbocycles. The smallest absolute Gasteiger partial charge is 0.335 e. The summed E-state index contributed by atoms with van der Waals surface area (Å²) in [7, 11) is 0. The molecule has 2 aromatic rings. The second-order valence-corrected chi connectivity index (χ2v) is 5.33. The number of rotatable bonds is 3. The third-order valence-electron chi connectivity index (χ3n) is 3.54. The SMILES string of the molecule is CC.Cc1ccc(C)c(Oc2ccc3c(c2)OCC(C(=O)O)=C3)c1. The van der Waals surface area contributed by atoms with Crippen LogP contribution < -0.4 is 9.47 Å². The normalized spacial score (nSPS) is 12.1. The molecule has 0 atom stereocenters. The molecule has 3 rings (SSSR count). The molecule has 0 aromatic heterocycles. The molecule has 126 valence electrons. The Labute approximate surface area is 142 Å². The number of carboxylic acid groups (broad SMARTS) is 1. The van der Waals surface area contributed by atoms with Crippen LogP contribution in [0.15, 0.2) is 42.0 Å². The van der Waals surface area contributed by atoms with Gasteiger partial charge in [0.25, 0.3) is 0 Å². The summed E-state index contributed by atoms with van der Waals surface area (Å²) in [5.41, 5.74) is 3.17. The van der Waals surface area contributed by atoms with E-state index < -0.39 is 5.97 Å². The summed E-state index contributed by atoms with van der Waals surface area (Å²) in [5, 5.41) is 9.00. The predicted octanol–water partition coefficient (Wildman–Crippen LogP) is 4.98. The highest BCUT2D eigenvalue weighted by Gasteiger charge is 2.17. The lowest BCUT2D eigenvalue weighted by atomic mass is 10.1. The third-order valence-corrected chi connectivity index (χ3v) is 3.54. The van der Waals surface area contributed by atoms with Gasteiger partial charge in [0.2, 0.25) is 0 Å². The van der Waals surface area contributed by atoms with Crippen LogP contribution in [0, 0.1) is 13.8 Å². The summed E-state index contributed by atoms with van der Waals surface area (Å²) in [5.74, 6) is 1.14. The summed E-state index contributed by atoms with van der Waals surface area (Å²) in [6.07, 6.45) is 1.63. The molecule has 1 N–H and O–H groups in total. The first-order chi connectivity index (χ1) is 11.5. The molecule has 1 aliphatic heterocycles. The van der Waals surface area contributed by atoms with Crippen LogP contribution in [-0.2, 0) is 4.79 Å². The van der Waals surface area contributed by atoms with E-state index in [0.29, 0.717) is 11.5 Å². The zero-order valence-corrected chi connectivity index (χ0v) is 14.4. The van der Waals surface area contributed by atoms with Gasteiger partial charge in [-0.2, -0.15) is 0 Å². The lowest BCUT2D eigenvalue weighted by Crippen LogP contribution is -2.14. The molecule has 1 heterocycles. The van der Waals surface area contributed by atoms with Gasteiger partial charge in [0.05, 0.1) is 5.57 Å². The minimum absolute atomic E-state index is 0.0647. The van der Waals surface area contributed by atoms with E-state index in [1.165, 1.54) is 0 Å². The van der Waals surface area contributed by atoms with Crippen molar-refractivity contribution in [1.82, 2.24) is 0 Å². The van der Waals surface area contributed by atoms with Crippen LogP contribution in [0.3, 0.4) is 0 Å². The average Bonchev–Trinajstić information content (AvgIpc) is 2.59. The Bertz CT molecular complexity index is 775. The fourth-order valence-electron chi connectivity index (χ4n) is 2.28. The van der Waals surface area contributed by atoms with Gasteiger partial charge in [-0.15, -0.1) is 0 Å². The Morgan fingerprint density at radius 3 is 2.58 bits per heavy atom. The van der Waals surface area contributed by atoms with Crippen molar-refractivity contribution in [2.45, 2.75) is 27.7 Å². The van der Waals surface area contributed by atoms with Gasteiger partial charge in [-0.1, -0.05) is 26.0 Å². The first kappa shape index (κ1) is 17.6. The number of hydrogen-bond acceptors (Lipinski definition) is 3. The van der Waals surface area contributed by atoms with E-state index in [9.17, 15) is 4.79 Å². The number of fused-ring (bicyclic) bond motifs is 1. The molecular weight excluding hydrogens is 304 g/mol. The largest absolute Gasteiger partial charge is 0.488 e. The molecule has 0 bridgehead atoms. The van der Waals surface area contributed by atoms with Crippen molar-refractivity contribution in [2.24, 2.45) is 0 Å². The fraction of sp³-hybridized carbons (Fsp3) is 0.250. The Balaban J connectivity index is 0.00000100. The number of aryl methyl sites for hydroxylation is 2. The van der Waals surface area contributed by atoms with Crippen molar-refractivity contribution in [3.63, 3.8) is 0 Å². The van der Waals surface area contributed by atoms with Crippen molar-refractivity contribution in [1.29, 1.82) is 0 Å². The number of aliphatic carboxylic acids is 1. The molecule has 4 nitrogen and oxygen atoms in total. The number of carboxylic acids is 1. The minimum atomic E-state index is -0.957. The molecule has 1 aliphatic rings. The van der Waals surface area contributed by atoms with Gasteiger partial charge < -0.3 is 14.6 Å². The van der Waals surface area contributed by atoms with E-state index in [2.05, 4.69) is 0 Å². The van der Waals surface area contributed by atoms with Crippen molar-refractivity contribution in [2.75, 3.05) is 6.61 Å². The number of carbonyl (C=O) groups is 1. The maximum Gasteiger partial charge on any atom is 0.335 e. The molecular formula is C20H22O4. The van der Waals surface area contributed by atoms with Crippen molar-refractivity contribution < 1.29 is 19.4 Å². The maximum atomic E-state index is 11.0. The molecule has 24 heavy (non-hydrogen) atoms. The monoisotopic (exact) mass is 326 g/mol. The number of ether oxygens (including phenoxy) is 2. The first-order valence-electron chi connectivity index (χ1n) is 7.99. The highest BCUT2D eigenvalue weighted by molar-refractivity contribution is 5.93. The zero-order valence-electron chi connectivity index (χ0n) is 14.4. The molecule has 0 unspecified atom stereocenters. The Kier molecular flexibility index (Phi) is 5.64. The zero-order chi connectivity index (χ0) is 17.7. The Morgan fingerprint density at radius 1 is 1.12 bits per heavy atom. The number of benzene rings is 2. The maximum absolute atomic E-state index is 11.0. The molecule has 4 heteroatoms. The molecule has 0 spiro atoms. The number of hydrogen-bond donors (Lipinski definition) is 1. The van der Waals surface area contributed by atoms with E-state index in [1.807, 2.05) is 52.0 Å². The second kappa shape index (κ2) is 7.68. The second-order valence-electron chi connectivity index (χ2n) is 5.33. The van der Waals surface area contributed by atoms with Crippen LogP contribution >= 0.6 is 0 Å². The van der Waals surface area contributed by atoms with Crippen molar-refractivity contribution in [3.05, 3.63) is 58.7 Å². The molecule has 0 radical (unpaired) electrons. The molecule has 0 fully saturated rings. The molecule has 2 aromatic carbocycles. The topological polar surface area (TPSA) is 55.8 Å². The fourth-order valence-corrected chi connectivity index (χ4v) is 2.28. The lowest BCUT2D eigenvalue weighted by molar-refractivity contribution is -0.132. The first-order valence-corrected chi connectivity index (χ1v) is 7.99. The lowest BCUT2D eigenvalue weighted by Gasteiger charge is -2.17. The van der Waals surface area contributed by atoms with Gasteiger partial charge in [-0.25, -0.2) is 4.79 Å². The highest BCUT2D eigenvalue weighted by Crippen LogP contribution is 2.33. The van der Waals surface area contributed by atoms with Crippen LogP contribution in [-0.4, -0.2) is 17.7 Å². The molecule has 0 amide bonds.